The Bertz CT molecular complexity index is 638. The van der Waals surface area contributed by atoms with Crippen molar-refractivity contribution in [1.82, 2.24) is 19.8 Å². The van der Waals surface area contributed by atoms with E-state index in [0.717, 1.165) is 51.1 Å². The van der Waals surface area contributed by atoms with Crippen LogP contribution < -0.4 is 5.32 Å². The van der Waals surface area contributed by atoms with E-state index in [2.05, 4.69) is 33.6 Å². The van der Waals surface area contributed by atoms with Gasteiger partial charge in [-0.3, -0.25) is 4.79 Å². The van der Waals surface area contributed by atoms with Gasteiger partial charge < -0.3 is 19.5 Å². The van der Waals surface area contributed by atoms with Crippen LogP contribution in [0.15, 0.2) is 12.4 Å². The van der Waals surface area contributed by atoms with Crippen LogP contribution in [-0.4, -0.2) is 51.7 Å². The van der Waals surface area contributed by atoms with Crippen LogP contribution in [-0.2, 0) is 22.6 Å². The number of aromatic nitrogens is 2. The third kappa shape index (κ3) is 3.29. The van der Waals surface area contributed by atoms with Crippen molar-refractivity contribution in [3.8, 4) is 0 Å². The minimum atomic E-state index is -0.260. The summed E-state index contributed by atoms with van der Waals surface area (Å²) in [6.07, 6.45) is 10.2. The largest absolute Gasteiger partial charge is 0.365 e. The maximum absolute atomic E-state index is 13.4. The molecule has 1 N–H and O–H groups in total. The number of carbonyl (C=O) groups excluding carboxylic acids is 1. The molecule has 144 valence electrons. The molecule has 6 nitrogen and oxygen atoms in total. The van der Waals surface area contributed by atoms with Gasteiger partial charge in [0.25, 0.3) is 5.91 Å². The number of nitrogens with one attached hydrogen (secondary N) is 1. The molecule has 3 heterocycles. The van der Waals surface area contributed by atoms with E-state index in [1.807, 2.05) is 12.4 Å². The zero-order valence-corrected chi connectivity index (χ0v) is 16.1. The molecule has 26 heavy (non-hydrogen) atoms. The number of hydrogen-bond donors (Lipinski definition) is 1. The van der Waals surface area contributed by atoms with Gasteiger partial charge in [0, 0.05) is 25.0 Å². The van der Waals surface area contributed by atoms with Crippen LogP contribution in [0.5, 0.6) is 0 Å². The molecular weight excluding hydrogens is 328 g/mol. The summed E-state index contributed by atoms with van der Waals surface area (Å²) in [4.78, 5) is 20.0. The van der Waals surface area contributed by atoms with E-state index in [1.165, 1.54) is 12.8 Å². The normalized spacial score (nSPS) is 29.8. The molecule has 1 saturated carbocycles. The molecule has 2 saturated heterocycles. The van der Waals surface area contributed by atoms with Gasteiger partial charge in [-0.15, -0.1) is 0 Å². The summed E-state index contributed by atoms with van der Waals surface area (Å²) in [5.74, 6) is 1.17. The van der Waals surface area contributed by atoms with Crippen LogP contribution in [0.2, 0.25) is 0 Å². The van der Waals surface area contributed by atoms with Crippen LogP contribution in [0.25, 0.3) is 0 Å². The third-order valence-corrected chi connectivity index (χ3v) is 6.70. The Morgan fingerprint density at radius 2 is 2.19 bits per heavy atom. The van der Waals surface area contributed by atoms with Gasteiger partial charge in [-0.05, 0) is 64.0 Å². The van der Waals surface area contributed by atoms with Crippen molar-refractivity contribution < 1.29 is 9.53 Å². The van der Waals surface area contributed by atoms with Crippen molar-refractivity contribution in [2.24, 2.45) is 5.41 Å². The number of hydrogen-bond acceptors (Lipinski definition) is 4. The lowest BCUT2D eigenvalue weighted by Gasteiger charge is -2.31. The van der Waals surface area contributed by atoms with Crippen LogP contribution in [0.1, 0.15) is 58.2 Å². The number of ether oxygens (including phenoxy) is 1. The molecule has 0 aromatic carbocycles. The quantitative estimate of drug-likeness (QED) is 0.846. The Kier molecular flexibility index (Phi) is 5.06. The lowest BCUT2D eigenvalue weighted by atomic mass is 9.93. The van der Waals surface area contributed by atoms with E-state index in [-0.39, 0.29) is 18.1 Å². The molecule has 6 heteroatoms. The minimum absolute atomic E-state index is 0.187. The monoisotopic (exact) mass is 360 g/mol. The fourth-order valence-electron chi connectivity index (χ4n) is 4.88. The number of amides is 1. The van der Waals surface area contributed by atoms with Gasteiger partial charge in [0.05, 0.1) is 12.6 Å². The van der Waals surface area contributed by atoms with Crippen molar-refractivity contribution in [3.05, 3.63) is 18.2 Å². The van der Waals surface area contributed by atoms with E-state index in [9.17, 15) is 4.79 Å². The van der Waals surface area contributed by atoms with Crippen LogP contribution in [0, 0.1) is 5.41 Å². The van der Waals surface area contributed by atoms with Crippen molar-refractivity contribution in [1.29, 1.82) is 0 Å². The summed E-state index contributed by atoms with van der Waals surface area (Å²) in [5.41, 5.74) is 0.327. The first-order valence-corrected chi connectivity index (χ1v) is 10.3. The van der Waals surface area contributed by atoms with Gasteiger partial charge in [0.1, 0.15) is 11.9 Å². The third-order valence-electron chi connectivity index (χ3n) is 6.70. The average molecular weight is 361 g/mol. The molecule has 0 bridgehead atoms. The fraction of sp³-hybridized carbons (Fsp3) is 0.800. The van der Waals surface area contributed by atoms with Crippen molar-refractivity contribution >= 4 is 5.91 Å². The fourth-order valence-corrected chi connectivity index (χ4v) is 4.88. The highest BCUT2D eigenvalue weighted by Gasteiger charge is 2.58. The van der Waals surface area contributed by atoms with Crippen molar-refractivity contribution in [3.63, 3.8) is 0 Å². The standard InChI is InChI=1S/C20H32N4O2/c1-3-15-5-6-16(26-15)19(25)24(14-18-22-11-12-23(18)4-2)17-13-20(17)7-9-21-10-8-20/h11-12,15-17,21H,3-10,13-14H2,1-2H3/t15-,16+,17-/m1/s1. The molecule has 3 aliphatic rings. The molecule has 2 aliphatic heterocycles. The summed E-state index contributed by atoms with van der Waals surface area (Å²) >= 11 is 0. The van der Waals surface area contributed by atoms with Gasteiger partial charge in [0.2, 0.25) is 0 Å². The zero-order valence-electron chi connectivity index (χ0n) is 16.1. The average Bonchev–Trinajstić information content (AvgIpc) is 3.07. The van der Waals surface area contributed by atoms with Crippen molar-refractivity contribution in [2.45, 2.75) is 83.7 Å². The topological polar surface area (TPSA) is 59.4 Å². The summed E-state index contributed by atoms with van der Waals surface area (Å²) in [6, 6.07) is 0.350. The van der Waals surface area contributed by atoms with E-state index in [4.69, 9.17) is 4.74 Å². The number of carbonyl (C=O) groups is 1. The van der Waals surface area contributed by atoms with E-state index >= 15 is 0 Å². The lowest BCUT2D eigenvalue weighted by Crippen LogP contribution is -2.44. The predicted molar refractivity (Wildman–Crippen MR) is 99.6 cm³/mol. The molecule has 3 fully saturated rings. The van der Waals surface area contributed by atoms with E-state index < -0.39 is 0 Å². The van der Waals surface area contributed by atoms with Gasteiger partial charge in [-0.1, -0.05) is 6.92 Å². The van der Waals surface area contributed by atoms with Crippen molar-refractivity contribution in [2.75, 3.05) is 13.1 Å². The van der Waals surface area contributed by atoms with Gasteiger partial charge in [0.15, 0.2) is 0 Å². The first-order chi connectivity index (χ1) is 12.7. The maximum Gasteiger partial charge on any atom is 0.252 e. The molecule has 1 aromatic rings. The predicted octanol–water partition coefficient (Wildman–Crippen LogP) is 2.33. The van der Waals surface area contributed by atoms with Crippen LogP contribution in [0.4, 0.5) is 0 Å². The van der Waals surface area contributed by atoms with E-state index in [1.54, 1.807) is 0 Å². The Hall–Kier alpha value is -1.40. The molecule has 1 aliphatic carbocycles. The SMILES string of the molecule is CC[C@@H]1CC[C@@H](C(=O)N(Cc2nccn2CC)[C@@H]2CC23CCNCC3)O1. The molecule has 4 rings (SSSR count). The second-order valence-electron chi connectivity index (χ2n) is 8.16. The summed E-state index contributed by atoms with van der Waals surface area (Å²) < 4.78 is 8.19. The number of aryl methyl sites for hydroxylation is 1. The van der Waals surface area contributed by atoms with E-state index in [0.29, 0.717) is 18.0 Å². The molecule has 1 amide bonds. The summed E-state index contributed by atoms with van der Waals surface area (Å²) in [5, 5.41) is 3.46. The first-order valence-electron chi connectivity index (χ1n) is 10.3. The second kappa shape index (κ2) is 7.31. The van der Waals surface area contributed by atoms with Crippen LogP contribution in [0.3, 0.4) is 0 Å². The van der Waals surface area contributed by atoms with Gasteiger partial charge >= 0.3 is 0 Å². The molecule has 0 radical (unpaired) electrons. The van der Waals surface area contributed by atoms with Crippen LogP contribution >= 0.6 is 0 Å². The molecular formula is C20H32N4O2. The maximum atomic E-state index is 13.4. The van der Waals surface area contributed by atoms with Gasteiger partial charge in [-0.25, -0.2) is 4.98 Å². The Labute approximate surface area is 156 Å². The second-order valence-corrected chi connectivity index (χ2v) is 8.16. The Morgan fingerprint density at radius 3 is 2.88 bits per heavy atom. The Balaban J connectivity index is 1.53. The minimum Gasteiger partial charge on any atom is -0.365 e. The first kappa shape index (κ1) is 18.0. The highest BCUT2D eigenvalue weighted by atomic mass is 16.5. The number of rotatable bonds is 6. The van der Waals surface area contributed by atoms with Gasteiger partial charge in [-0.2, -0.15) is 0 Å². The molecule has 1 aromatic heterocycles. The summed E-state index contributed by atoms with van der Waals surface area (Å²) in [6.45, 7) is 7.89. The molecule has 3 atom stereocenters. The molecule has 0 unspecified atom stereocenters. The molecule has 1 spiro atoms. The smallest absolute Gasteiger partial charge is 0.252 e. The number of nitrogens with zero attached hydrogens (tertiary/aromatic N) is 3. The summed E-state index contributed by atoms with van der Waals surface area (Å²) in [7, 11) is 0. The number of piperidine rings is 1. The lowest BCUT2D eigenvalue weighted by molar-refractivity contribution is -0.145. The highest BCUT2D eigenvalue weighted by Crippen LogP contribution is 2.56. The zero-order chi connectivity index (χ0) is 18.1. The Morgan fingerprint density at radius 1 is 1.38 bits per heavy atom. The highest BCUT2D eigenvalue weighted by molar-refractivity contribution is 5.82. The number of imidazole rings is 1.